The van der Waals surface area contributed by atoms with E-state index in [1.165, 1.54) is 5.57 Å². The Morgan fingerprint density at radius 2 is 2.00 bits per heavy atom. The summed E-state index contributed by atoms with van der Waals surface area (Å²) in [5.41, 5.74) is 2.34. The molecule has 0 spiro atoms. The first kappa shape index (κ1) is 9.04. The van der Waals surface area contributed by atoms with Gasteiger partial charge in [0.2, 0.25) is 0 Å². The van der Waals surface area contributed by atoms with Gasteiger partial charge in [-0.1, -0.05) is 30.6 Å². The largest absolute Gasteiger partial charge is 0.115 e. The van der Waals surface area contributed by atoms with Gasteiger partial charge < -0.3 is 0 Å². The molecular formula is C10H14. The van der Waals surface area contributed by atoms with Crippen molar-refractivity contribution in [2.24, 2.45) is 0 Å². The van der Waals surface area contributed by atoms with E-state index in [1.54, 1.807) is 0 Å². The fourth-order valence-electron chi connectivity index (χ4n) is 0.433. The fourth-order valence-corrected chi connectivity index (χ4v) is 0.433. The van der Waals surface area contributed by atoms with E-state index in [9.17, 15) is 0 Å². The Bertz CT molecular complexity index is 187. The van der Waals surface area contributed by atoms with E-state index in [2.05, 4.69) is 25.8 Å². The van der Waals surface area contributed by atoms with E-state index in [0.29, 0.717) is 0 Å². The number of terminal acetylenes is 1. The van der Waals surface area contributed by atoms with Gasteiger partial charge in [0.05, 0.1) is 0 Å². The quantitative estimate of drug-likeness (QED) is 0.402. The zero-order chi connectivity index (χ0) is 7.98. The summed E-state index contributed by atoms with van der Waals surface area (Å²) in [5.74, 6) is 2.56. The molecule has 0 N–H and O–H groups in total. The second-order valence-electron chi connectivity index (χ2n) is 2.36. The molecule has 0 aromatic carbocycles. The molecule has 0 aromatic rings. The van der Waals surface area contributed by atoms with Crippen LogP contribution in [0, 0.1) is 12.3 Å². The number of hydrogen-bond donors (Lipinski definition) is 0. The molecule has 0 aliphatic heterocycles. The van der Waals surface area contributed by atoms with Crippen molar-refractivity contribution in [2.75, 3.05) is 0 Å². The minimum absolute atomic E-state index is 0.979. The lowest BCUT2D eigenvalue weighted by atomic mass is 10.2. The van der Waals surface area contributed by atoms with Crippen molar-refractivity contribution in [1.82, 2.24) is 0 Å². The SMILES string of the molecule is C#C/C(C)=C\C=C(\C)CC. The van der Waals surface area contributed by atoms with Crippen LogP contribution >= 0.6 is 0 Å². The molecule has 0 saturated carbocycles. The van der Waals surface area contributed by atoms with Gasteiger partial charge in [-0.05, 0) is 25.8 Å². The fraction of sp³-hybridized carbons (Fsp3) is 0.400. The summed E-state index contributed by atoms with van der Waals surface area (Å²) < 4.78 is 0. The molecule has 0 heteroatoms. The van der Waals surface area contributed by atoms with Crippen molar-refractivity contribution >= 4 is 0 Å². The Morgan fingerprint density at radius 3 is 2.40 bits per heavy atom. The highest BCUT2D eigenvalue weighted by atomic mass is 13.9. The molecule has 0 bridgehead atoms. The van der Waals surface area contributed by atoms with E-state index in [-0.39, 0.29) is 0 Å². The van der Waals surface area contributed by atoms with Crippen LogP contribution in [-0.4, -0.2) is 0 Å². The maximum absolute atomic E-state index is 5.15. The smallest absolute Gasteiger partial charge is 0.00135 e. The molecule has 0 unspecified atom stereocenters. The van der Waals surface area contributed by atoms with E-state index in [4.69, 9.17) is 6.42 Å². The molecule has 0 aliphatic rings. The molecular weight excluding hydrogens is 120 g/mol. The maximum atomic E-state index is 5.15. The van der Waals surface area contributed by atoms with Crippen molar-refractivity contribution in [3.8, 4) is 12.3 Å². The van der Waals surface area contributed by atoms with Crippen molar-refractivity contribution < 1.29 is 0 Å². The van der Waals surface area contributed by atoms with Crippen molar-refractivity contribution in [3.05, 3.63) is 23.3 Å². The van der Waals surface area contributed by atoms with Gasteiger partial charge in [0.25, 0.3) is 0 Å². The zero-order valence-corrected chi connectivity index (χ0v) is 6.94. The Kier molecular flexibility index (Phi) is 4.41. The van der Waals surface area contributed by atoms with Crippen LogP contribution in [-0.2, 0) is 0 Å². The molecule has 0 saturated heterocycles. The lowest BCUT2D eigenvalue weighted by molar-refractivity contribution is 1.10. The summed E-state index contributed by atoms with van der Waals surface area (Å²) in [6.45, 7) is 6.16. The minimum atomic E-state index is 0.979. The Balaban J connectivity index is 4.07. The lowest BCUT2D eigenvalue weighted by Gasteiger charge is -1.89. The van der Waals surface area contributed by atoms with Gasteiger partial charge in [0.1, 0.15) is 0 Å². The third-order valence-electron chi connectivity index (χ3n) is 1.40. The molecule has 0 atom stereocenters. The van der Waals surface area contributed by atoms with Crippen LogP contribution in [0.4, 0.5) is 0 Å². The van der Waals surface area contributed by atoms with Crippen LogP contribution in [0.15, 0.2) is 23.3 Å². The number of allylic oxidation sites excluding steroid dienone is 4. The molecule has 0 aliphatic carbocycles. The zero-order valence-electron chi connectivity index (χ0n) is 6.94. The molecule has 0 aromatic heterocycles. The predicted octanol–water partition coefficient (Wildman–Crippen LogP) is 2.92. The predicted molar refractivity (Wildman–Crippen MR) is 46.6 cm³/mol. The highest BCUT2D eigenvalue weighted by Crippen LogP contribution is 1.99. The molecule has 0 rings (SSSR count). The molecule has 0 radical (unpaired) electrons. The standard InChI is InChI=1S/C10H14/c1-5-9(3)7-8-10(4)6-2/h1,7-8H,6H2,2-4H3/b9-7-,10-8-. The van der Waals surface area contributed by atoms with Crippen LogP contribution in [0.1, 0.15) is 27.2 Å². The normalized spacial score (nSPS) is 13.0. The topological polar surface area (TPSA) is 0 Å². The highest BCUT2D eigenvalue weighted by molar-refractivity contribution is 5.28. The summed E-state index contributed by atoms with van der Waals surface area (Å²) in [6.07, 6.45) is 10.3. The third kappa shape index (κ3) is 3.97. The van der Waals surface area contributed by atoms with Gasteiger partial charge in [0.15, 0.2) is 0 Å². The van der Waals surface area contributed by atoms with Gasteiger partial charge in [-0.2, -0.15) is 0 Å². The number of hydrogen-bond acceptors (Lipinski definition) is 0. The van der Waals surface area contributed by atoms with E-state index < -0.39 is 0 Å². The van der Waals surface area contributed by atoms with E-state index in [0.717, 1.165) is 12.0 Å². The maximum Gasteiger partial charge on any atom is -0.00135 e. The van der Waals surface area contributed by atoms with Gasteiger partial charge in [0, 0.05) is 0 Å². The molecule has 0 amide bonds. The molecule has 0 heterocycles. The van der Waals surface area contributed by atoms with E-state index >= 15 is 0 Å². The third-order valence-corrected chi connectivity index (χ3v) is 1.40. The number of rotatable bonds is 2. The summed E-state index contributed by atoms with van der Waals surface area (Å²) in [4.78, 5) is 0. The first-order valence-corrected chi connectivity index (χ1v) is 3.51. The first-order valence-electron chi connectivity index (χ1n) is 3.51. The van der Waals surface area contributed by atoms with E-state index in [1.807, 2.05) is 13.0 Å². The average molecular weight is 134 g/mol. The lowest BCUT2D eigenvalue weighted by Crippen LogP contribution is -1.70. The summed E-state index contributed by atoms with van der Waals surface area (Å²) in [7, 11) is 0. The minimum Gasteiger partial charge on any atom is -0.115 e. The van der Waals surface area contributed by atoms with Crippen LogP contribution in [0.3, 0.4) is 0 Å². The van der Waals surface area contributed by atoms with Gasteiger partial charge in [-0.25, -0.2) is 0 Å². The van der Waals surface area contributed by atoms with Gasteiger partial charge in [-0.3, -0.25) is 0 Å². The van der Waals surface area contributed by atoms with Crippen LogP contribution < -0.4 is 0 Å². The molecule has 0 nitrogen and oxygen atoms in total. The molecule has 0 fully saturated rings. The average Bonchev–Trinajstić information content (AvgIpc) is 1.99. The second-order valence-corrected chi connectivity index (χ2v) is 2.36. The first-order chi connectivity index (χ1) is 4.70. The van der Waals surface area contributed by atoms with Crippen molar-refractivity contribution in [2.45, 2.75) is 27.2 Å². The molecule has 10 heavy (non-hydrogen) atoms. The monoisotopic (exact) mass is 134 g/mol. The Hall–Kier alpha value is -0.960. The Labute approximate surface area is 63.6 Å². The summed E-state index contributed by atoms with van der Waals surface area (Å²) in [6, 6.07) is 0. The Morgan fingerprint density at radius 1 is 1.40 bits per heavy atom. The highest BCUT2D eigenvalue weighted by Gasteiger charge is 1.80. The van der Waals surface area contributed by atoms with Crippen molar-refractivity contribution in [3.63, 3.8) is 0 Å². The van der Waals surface area contributed by atoms with Gasteiger partial charge >= 0.3 is 0 Å². The second kappa shape index (κ2) is 4.88. The van der Waals surface area contributed by atoms with Crippen LogP contribution in [0.5, 0.6) is 0 Å². The van der Waals surface area contributed by atoms with Crippen LogP contribution in [0.2, 0.25) is 0 Å². The summed E-state index contributed by atoms with van der Waals surface area (Å²) >= 11 is 0. The van der Waals surface area contributed by atoms with Crippen LogP contribution in [0.25, 0.3) is 0 Å². The van der Waals surface area contributed by atoms with Gasteiger partial charge in [-0.15, -0.1) is 6.42 Å². The summed E-state index contributed by atoms with van der Waals surface area (Å²) in [5, 5.41) is 0. The molecule has 54 valence electrons. The van der Waals surface area contributed by atoms with Crippen molar-refractivity contribution in [1.29, 1.82) is 0 Å².